The van der Waals surface area contributed by atoms with Gasteiger partial charge in [0.25, 0.3) is 0 Å². The Hall–Kier alpha value is -2.05. The minimum Gasteiger partial charge on any atom is -0.381 e. The van der Waals surface area contributed by atoms with Crippen molar-refractivity contribution in [1.82, 2.24) is 10.2 Å². The Bertz CT molecular complexity index is 853. The SMILES string of the molecule is CO[C@@H]1CC/C(=C\C(=O)NC2CCC(CCN3CCC(C(=O)c4ccc(F)cc4)CC3)CC2)C1. The number of piperidine rings is 1. The van der Waals surface area contributed by atoms with Crippen molar-refractivity contribution >= 4 is 11.7 Å². The van der Waals surface area contributed by atoms with Crippen LogP contribution in [-0.4, -0.2) is 55.5 Å². The van der Waals surface area contributed by atoms with Gasteiger partial charge in [0, 0.05) is 30.7 Å². The van der Waals surface area contributed by atoms with Gasteiger partial charge in [0.15, 0.2) is 5.78 Å². The van der Waals surface area contributed by atoms with Crippen molar-refractivity contribution in [2.45, 2.75) is 76.4 Å². The maximum absolute atomic E-state index is 13.1. The highest BCUT2D eigenvalue weighted by Gasteiger charge is 2.27. The Morgan fingerprint density at radius 3 is 2.41 bits per heavy atom. The summed E-state index contributed by atoms with van der Waals surface area (Å²) in [4.78, 5) is 27.5. The third kappa shape index (κ3) is 6.98. The molecule has 0 unspecified atom stereocenters. The summed E-state index contributed by atoms with van der Waals surface area (Å²) in [5, 5.41) is 3.22. The molecule has 1 heterocycles. The van der Waals surface area contributed by atoms with Gasteiger partial charge in [-0.2, -0.15) is 0 Å². The van der Waals surface area contributed by atoms with Crippen LogP contribution in [0.1, 0.15) is 74.6 Å². The zero-order chi connectivity index (χ0) is 23.9. The average Bonchev–Trinajstić information content (AvgIpc) is 3.31. The van der Waals surface area contributed by atoms with E-state index in [0.717, 1.165) is 70.5 Å². The normalized spacial score (nSPS) is 27.7. The van der Waals surface area contributed by atoms with Gasteiger partial charge < -0.3 is 15.0 Å². The summed E-state index contributed by atoms with van der Waals surface area (Å²) < 4.78 is 18.5. The molecule has 1 N–H and O–H groups in total. The molecule has 1 saturated heterocycles. The van der Waals surface area contributed by atoms with Gasteiger partial charge >= 0.3 is 0 Å². The second-order valence-corrected chi connectivity index (χ2v) is 10.4. The van der Waals surface area contributed by atoms with Gasteiger partial charge in [0.1, 0.15) is 5.82 Å². The number of nitrogens with zero attached hydrogens (tertiary/aromatic N) is 1. The highest BCUT2D eigenvalue weighted by Crippen LogP contribution is 2.29. The lowest BCUT2D eigenvalue weighted by atomic mass is 9.83. The third-order valence-electron chi connectivity index (χ3n) is 8.08. The smallest absolute Gasteiger partial charge is 0.244 e. The second kappa shape index (κ2) is 12.1. The first-order valence-electron chi connectivity index (χ1n) is 13.0. The van der Waals surface area contributed by atoms with Crippen LogP contribution in [0.5, 0.6) is 0 Å². The zero-order valence-corrected chi connectivity index (χ0v) is 20.4. The molecule has 1 amide bonds. The van der Waals surface area contributed by atoms with E-state index in [1.807, 2.05) is 0 Å². The topological polar surface area (TPSA) is 58.6 Å². The standard InChI is InChI=1S/C28H39FN2O3/c1-34-26-11-4-21(18-26)19-27(32)30-25-9-2-20(3-10-25)12-15-31-16-13-23(14-17-31)28(33)22-5-7-24(29)8-6-22/h5-8,19-20,23,25-26H,2-4,9-18H2,1H3,(H,30,32)/b21-19+/t20?,25?,26-/m1/s1. The van der Waals surface area contributed by atoms with E-state index in [2.05, 4.69) is 10.2 Å². The number of rotatable bonds is 8. The monoisotopic (exact) mass is 470 g/mol. The van der Waals surface area contributed by atoms with Crippen molar-refractivity contribution in [1.29, 1.82) is 0 Å². The molecule has 6 heteroatoms. The quantitative estimate of drug-likeness (QED) is 0.433. The van der Waals surface area contributed by atoms with Gasteiger partial charge in [0.05, 0.1) is 6.10 Å². The highest BCUT2D eigenvalue weighted by molar-refractivity contribution is 5.97. The second-order valence-electron chi connectivity index (χ2n) is 10.4. The van der Waals surface area contributed by atoms with E-state index in [1.165, 1.54) is 37.0 Å². The molecular formula is C28H39FN2O3. The molecule has 0 bridgehead atoms. The number of carbonyl (C=O) groups is 2. The van der Waals surface area contributed by atoms with E-state index in [0.29, 0.717) is 11.6 Å². The van der Waals surface area contributed by atoms with Gasteiger partial charge in [-0.15, -0.1) is 0 Å². The van der Waals surface area contributed by atoms with Crippen molar-refractivity contribution in [3.63, 3.8) is 0 Å². The molecule has 0 aromatic heterocycles. The number of halogens is 1. The van der Waals surface area contributed by atoms with E-state index in [-0.39, 0.29) is 29.5 Å². The maximum Gasteiger partial charge on any atom is 0.244 e. The van der Waals surface area contributed by atoms with Crippen LogP contribution in [0.15, 0.2) is 35.9 Å². The molecule has 34 heavy (non-hydrogen) atoms. The van der Waals surface area contributed by atoms with Gasteiger partial charge in [-0.25, -0.2) is 4.39 Å². The Labute approximate surface area is 203 Å². The molecule has 5 nitrogen and oxygen atoms in total. The molecule has 1 aromatic rings. The molecule has 0 spiro atoms. The predicted molar refractivity (Wildman–Crippen MR) is 131 cm³/mol. The van der Waals surface area contributed by atoms with Crippen LogP contribution in [0.4, 0.5) is 4.39 Å². The Kier molecular flexibility index (Phi) is 8.90. The third-order valence-corrected chi connectivity index (χ3v) is 8.08. The number of likely N-dealkylation sites (tertiary alicyclic amines) is 1. The number of ketones is 1. The maximum atomic E-state index is 13.1. The van der Waals surface area contributed by atoms with Crippen molar-refractivity contribution in [3.8, 4) is 0 Å². The highest BCUT2D eigenvalue weighted by atomic mass is 19.1. The van der Waals surface area contributed by atoms with Crippen LogP contribution in [0.25, 0.3) is 0 Å². The largest absolute Gasteiger partial charge is 0.381 e. The van der Waals surface area contributed by atoms with Crippen LogP contribution in [-0.2, 0) is 9.53 Å². The number of amides is 1. The molecule has 1 aliphatic heterocycles. The molecular weight excluding hydrogens is 431 g/mol. The van der Waals surface area contributed by atoms with Crippen LogP contribution >= 0.6 is 0 Å². The van der Waals surface area contributed by atoms with E-state index in [1.54, 1.807) is 25.3 Å². The summed E-state index contributed by atoms with van der Waals surface area (Å²) in [6.07, 6.45) is 12.4. The van der Waals surface area contributed by atoms with Crippen LogP contribution in [0.2, 0.25) is 0 Å². The van der Waals surface area contributed by atoms with Gasteiger partial charge in [-0.05, 0) is 114 Å². The van der Waals surface area contributed by atoms with Crippen molar-refractivity contribution < 1.29 is 18.7 Å². The summed E-state index contributed by atoms with van der Waals surface area (Å²) >= 11 is 0. The zero-order valence-electron chi connectivity index (χ0n) is 20.4. The summed E-state index contributed by atoms with van der Waals surface area (Å²) in [5.74, 6) is 0.697. The number of ether oxygens (including phenoxy) is 1. The number of hydrogen-bond donors (Lipinski definition) is 1. The van der Waals surface area contributed by atoms with E-state index in [4.69, 9.17) is 4.74 Å². The summed E-state index contributed by atoms with van der Waals surface area (Å²) in [5.41, 5.74) is 1.84. The number of Topliss-reactive ketones (excluding diaryl/α,β-unsaturated/α-hetero) is 1. The number of methoxy groups -OCH3 is 1. The molecule has 0 radical (unpaired) electrons. The molecule has 3 fully saturated rings. The number of benzene rings is 1. The Balaban J connectivity index is 1.11. The van der Waals surface area contributed by atoms with Gasteiger partial charge in [-0.1, -0.05) is 5.57 Å². The predicted octanol–water partition coefficient (Wildman–Crippen LogP) is 4.91. The number of hydrogen-bond acceptors (Lipinski definition) is 4. The van der Waals surface area contributed by atoms with Crippen LogP contribution in [0.3, 0.4) is 0 Å². The minimum absolute atomic E-state index is 0.0559. The first-order valence-corrected chi connectivity index (χ1v) is 13.0. The summed E-state index contributed by atoms with van der Waals surface area (Å²) in [7, 11) is 1.74. The Morgan fingerprint density at radius 1 is 1.06 bits per heavy atom. The van der Waals surface area contributed by atoms with Crippen molar-refractivity contribution in [3.05, 3.63) is 47.3 Å². The van der Waals surface area contributed by atoms with Crippen LogP contribution in [0, 0.1) is 17.7 Å². The minimum atomic E-state index is -0.301. The molecule has 2 saturated carbocycles. The summed E-state index contributed by atoms with van der Waals surface area (Å²) in [6.45, 7) is 3.01. The summed E-state index contributed by atoms with van der Waals surface area (Å²) in [6, 6.07) is 6.24. The average molecular weight is 471 g/mol. The fraction of sp³-hybridized carbons (Fsp3) is 0.643. The van der Waals surface area contributed by atoms with Crippen LogP contribution < -0.4 is 5.32 Å². The van der Waals surface area contributed by atoms with Gasteiger partial charge in [-0.3, -0.25) is 9.59 Å². The van der Waals surface area contributed by atoms with Gasteiger partial charge in [0.2, 0.25) is 5.91 Å². The first-order chi connectivity index (χ1) is 16.5. The lowest BCUT2D eigenvalue weighted by Crippen LogP contribution is -2.39. The van der Waals surface area contributed by atoms with E-state index in [9.17, 15) is 14.0 Å². The fourth-order valence-electron chi connectivity index (χ4n) is 5.83. The number of carbonyl (C=O) groups excluding carboxylic acids is 2. The number of nitrogens with one attached hydrogen (secondary N) is 1. The lowest BCUT2D eigenvalue weighted by Gasteiger charge is -2.34. The lowest BCUT2D eigenvalue weighted by molar-refractivity contribution is -0.117. The molecule has 4 rings (SSSR count). The first kappa shape index (κ1) is 25.1. The molecule has 1 atom stereocenters. The molecule has 2 aliphatic carbocycles. The molecule has 186 valence electrons. The van der Waals surface area contributed by atoms with Crippen molar-refractivity contribution in [2.75, 3.05) is 26.7 Å². The molecule has 1 aromatic carbocycles. The fourth-order valence-corrected chi connectivity index (χ4v) is 5.83. The molecule has 3 aliphatic rings. The Morgan fingerprint density at radius 2 is 1.76 bits per heavy atom. The van der Waals surface area contributed by atoms with E-state index >= 15 is 0 Å². The van der Waals surface area contributed by atoms with E-state index < -0.39 is 0 Å². The van der Waals surface area contributed by atoms with Crippen molar-refractivity contribution in [2.24, 2.45) is 11.8 Å².